The molecule has 2 heterocycles. The number of benzene rings is 2. The maximum absolute atomic E-state index is 13.1. The van der Waals surface area contributed by atoms with E-state index in [9.17, 15) is 13.2 Å². The highest BCUT2D eigenvalue weighted by Gasteiger charge is 2.34. The van der Waals surface area contributed by atoms with Crippen LogP contribution in [0.1, 0.15) is 22.8 Å². The highest BCUT2D eigenvalue weighted by Crippen LogP contribution is 2.23. The molecule has 30 heavy (non-hydrogen) atoms. The lowest BCUT2D eigenvalue weighted by atomic mass is 10.1. The maximum atomic E-state index is 13.1. The smallest absolute Gasteiger partial charge is 0.254 e. The van der Waals surface area contributed by atoms with Crippen LogP contribution in [0.2, 0.25) is 0 Å². The number of sulfonamides is 1. The van der Waals surface area contributed by atoms with Crippen molar-refractivity contribution in [3.8, 4) is 6.07 Å². The van der Waals surface area contributed by atoms with Crippen molar-refractivity contribution in [1.29, 1.82) is 5.26 Å². The minimum atomic E-state index is -3.68. The van der Waals surface area contributed by atoms with Gasteiger partial charge in [-0.25, -0.2) is 8.42 Å². The second-order valence-corrected chi connectivity index (χ2v) is 9.22. The van der Waals surface area contributed by atoms with E-state index in [2.05, 4.69) is 4.98 Å². The van der Waals surface area contributed by atoms with Crippen molar-refractivity contribution >= 4 is 26.7 Å². The van der Waals surface area contributed by atoms with Crippen LogP contribution in [0.15, 0.2) is 65.8 Å². The number of nitrogens with zero attached hydrogens (tertiary/aromatic N) is 4. The second-order valence-electron chi connectivity index (χ2n) is 7.28. The van der Waals surface area contributed by atoms with Gasteiger partial charge in [0.2, 0.25) is 10.0 Å². The molecule has 0 aliphatic carbocycles. The number of pyridine rings is 1. The number of rotatable bonds is 3. The van der Waals surface area contributed by atoms with Gasteiger partial charge in [-0.1, -0.05) is 6.07 Å². The average Bonchev–Trinajstić information content (AvgIpc) is 2.78. The van der Waals surface area contributed by atoms with Crippen LogP contribution in [0.25, 0.3) is 10.8 Å². The first-order valence-electron chi connectivity index (χ1n) is 9.55. The fourth-order valence-electron chi connectivity index (χ4n) is 3.68. The fourth-order valence-corrected chi connectivity index (χ4v) is 5.19. The highest BCUT2D eigenvalue weighted by atomic mass is 32.2. The first-order valence-corrected chi connectivity index (χ1v) is 11.0. The highest BCUT2D eigenvalue weighted by molar-refractivity contribution is 7.89. The monoisotopic (exact) mass is 420 g/mol. The number of amides is 1. The number of aromatic nitrogens is 1. The molecule has 0 radical (unpaired) electrons. The Morgan fingerprint density at radius 3 is 2.57 bits per heavy atom. The van der Waals surface area contributed by atoms with Crippen molar-refractivity contribution in [2.45, 2.75) is 17.9 Å². The van der Waals surface area contributed by atoms with E-state index in [1.807, 2.05) is 31.2 Å². The molecule has 1 atom stereocenters. The predicted octanol–water partition coefficient (Wildman–Crippen LogP) is 2.64. The standard InChI is InChI=1S/C22H20N4O3S/c1-16-15-25(30(28,29)21-6-2-17(13-23)3-7-21)10-11-26(16)22(27)19-4-5-20-14-24-9-8-18(20)12-19/h2-9,12,14,16H,10-11,15H2,1H3/t16-/m0/s1. The summed E-state index contributed by atoms with van der Waals surface area (Å²) in [6.45, 7) is 2.59. The van der Waals surface area contributed by atoms with Gasteiger partial charge in [-0.3, -0.25) is 9.78 Å². The number of fused-ring (bicyclic) bond motifs is 1. The molecule has 0 unspecified atom stereocenters. The summed E-state index contributed by atoms with van der Waals surface area (Å²) in [5.41, 5.74) is 0.979. The average molecular weight is 420 g/mol. The SMILES string of the molecule is C[C@H]1CN(S(=O)(=O)c2ccc(C#N)cc2)CCN1C(=O)c1ccc2cnccc2c1. The topological polar surface area (TPSA) is 94.4 Å². The van der Waals surface area contributed by atoms with Crippen LogP contribution < -0.4 is 0 Å². The first kappa shape index (κ1) is 20.0. The number of nitriles is 1. The molecule has 1 aliphatic heterocycles. The Balaban J connectivity index is 1.51. The molecular weight excluding hydrogens is 400 g/mol. The van der Waals surface area contributed by atoms with E-state index in [-0.39, 0.29) is 29.9 Å². The summed E-state index contributed by atoms with van der Waals surface area (Å²) >= 11 is 0. The zero-order chi connectivity index (χ0) is 21.3. The molecule has 0 saturated carbocycles. The van der Waals surface area contributed by atoms with Gasteiger partial charge in [0.1, 0.15) is 0 Å². The molecule has 152 valence electrons. The van der Waals surface area contributed by atoms with E-state index in [1.165, 1.54) is 28.6 Å². The normalized spacial score (nSPS) is 17.6. The van der Waals surface area contributed by atoms with E-state index in [0.29, 0.717) is 17.7 Å². The zero-order valence-electron chi connectivity index (χ0n) is 16.4. The van der Waals surface area contributed by atoms with Crippen LogP contribution in [0.3, 0.4) is 0 Å². The fraction of sp³-hybridized carbons (Fsp3) is 0.227. The lowest BCUT2D eigenvalue weighted by Gasteiger charge is -2.39. The van der Waals surface area contributed by atoms with Crippen molar-refractivity contribution in [2.75, 3.05) is 19.6 Å². The van der Waals surface area contributed by atoms with Gasteiger partial charge in [0.15, 0.2) is 0 Å². The van der Waals surface area contributed by atoms with E-state index in [1.54, 1.807) is 23.4 Å². The quantitative estimate of drug-likeness (QED) is 0.649. The summed E-state index contributed by atoms with van der Waals surface area (Å²) in [4.78, 5) is 19.0. The molecule has 8 heteroatoms. The van der Waals surface area contributed by atoms with Crippen molar-refractivity contribution in [3.05, 3.63) is 72.1 Å². The predicted molar refractivity (Wildman–Crippen MR) is 112 cm³/mol. The number of hydrogen-bond acceptors (Lipinski definition) is 5. The van der Waals surface area contributed by atoms with Gasteiger partial charge in [0.25, 0.3) is 5.91 Å². The Morgan fingerprint density at radius 2 is 1.87 bits per heavy atom. The van der Waals surface area contributed by atoms with Crippen LogP contribution in [0, 0.1) is 11.3 Å². The summed E-state index contributed by atoms with van der Waals surface area (Å²) in [7, 11) is -3.68. The van der Waals surface area contributed by atoms with Gasteiger partial charge in [-0.05, 0) is 54.8 Å². The third-order valence-electron chi connectivity index (χ3n) is 5.36. The molecule has 2 aromatic carbocycles. The summed E-state index contributed by atoms with van der Waals surface area (Å²) in [5, 5.41) is 10.8. The van der Waals surface area contributed by atoms with Crippen LogP contribution in [-0.4, -0.2) is 54.2 Å². The summed E-state index contributed by atoms with van der Waals surface area (Å²) in [6.07, 6.45) is 3.44. The molecule has 1 aliphatic rings. The molecule has 0 spiro atoms. The summed E-state index contributed by atoms with van der Waals surface area (Å²) in [5.74, 6) is -0.114. The Labute approximate surface area is 175 Å². The largest absolute Gasteiger partial charge is 0.333 e. The third kappa shape index (κ3) is 3.65. The van der Waals surface area contributed by atoms with E-state index < -0.39 is 10.0 Å². The Hall–Kier alpha value is -3.28. The molecule has 0 N–H and O–H groups in total. The summed E-state index contributed by atoms with van der Waals surface area (Å²) < 4.78 is 27.3. The molecule has 3 aromatic rings. The van der Waals surface area contributed by atoms with E-state index >= 15 is 0 Å². The molecule has 1 fully saturated rings. The Bertz CT molecular complexity index is 1250. The first-order chi connectivity index (χ1) is 14.4. The van der Waals surface area contributed by atoms with E-state index in [0.717, 1.165) is 10.8 Å². The van der Waals surface area contributed by atoms with Crippen LogP contribution in [0.5, 0.6) is 0 Å². The summed E-state index contributed by atoms with van der Waals surface area (Å²) in [6, 6.07) is 14.9. The van der Waals surface area contributed by atoms with Gasteiger partial charge < -0.3 is 4.90 Å². The molecule has 1 amide bonds. The van der Waals surface area contributed by atoms with Crippen LogP contribution in [-0.2, 0) is 10.0 Å². The number of carbonyl (C=O) groups is 1. The third-order valence-corrected chi connectivity index (χ3v) is 7.24. The van der Waals surface area contributed by atoms with Crippen molar-refractivity contribution in [2.24, 2.45) is 0 Å². The van der Waals surface area contributed by atoms with Crippen molar-refractivity contribution < 1.29 is 13.2 Å². The Kier molecular flexibility index (Phi) is 5.24. The van der Waals surface area contributed by atoms with Crippen molar-refractivity contribution in [3.63, 3.8) is 0 Å². The second kappa shape index (κ2) is 7.86. The van der Waals surface area contributed by atoms with Crippen molar-refractivity contribution in [1.82, 2.24) is 14.2 Å². The lowest BCUT2D eigenvalue weighted by molar-refractivity contribution is 0.0591. The minimum absolute atomic E-state index is 0.114. The Morgan fingerprint density at radius 1 is 1.10 bits per heavy atom. The lowest BCUT2D eigenvalue weighted by Crippen LogP contribution is -2.55. The van der Waals surface area contributed by atoms with Gasteiger partial charge in [0.05, 0.1) is 16.5 Å². The number of piperazine rings is 1. The molecule has 0 bridgehead atoms. The maximum Gasteiger partial charge on any atom is 0.254 e. The molecule has 1 saturated heterocycles. The molecule has 4 rings (SSSR count). The van der Waals surface area contributed by atoms with Gasteiger partial charge in [0, 0.05) is 49.0 Å². The number of hydrogen-bond donors (Lipinski definition) is 0. The zero-order valence-corrected chi connectivity index (χ0v) is 17.2. The molecular formula is C22H20N4O3S. The van der Waals surface area contributed by atoms with Gasteiger partial charge in [-0.15, -0.1) is 0 Å². The van der Waals surface area contributed by atoms with E-state index in [4.69, 9.17) is 5.26 Å². The minimum Gasteiger partial charge on any atom is -0.333 e. The van der Waals surface area contributed by atoms with Crippen LogP contribution in [0.4, 0.5) is 0 Å². The van der Waals surface area contributed by atoms with Crippen LogP contribution >= 0.6 is 0 Å². The number of carbonyl (C=O) groups excluding carboxylic acids is 1. The van der Waals surface area contributed by atoms with Gasteiger partial charge >= 0.3 is 0 Å². The molecule has 7 nitrogen and oxygen atoms in total. The van der Waals surface area contributed by atoms with Gasteiger partial charge in [-0.2, -0.15) is 9.57 Å². The molecule has 1 aromatic heterocycles.